The second kappa shape index (κ2) is 16.9. The van der Waals surface area contributed by atoms with E-state index in [9.17, 15) is 14.9 Å². The van der Waals surface area contributed by atoms with E-state index in [0.717, 1.165) is 38.5 Å². The van der Waals surface area contributed by atoms with E-state index in [1.165, 1.54) is 19.3 Å². The molecule has 0 saturated carbocycles. The number of nitrogens with zero attached hydrogens (tertiary/aromatic N) is 1. The van der Waals surface area contributed by atoms with Crippen molar-refractivity contribution in [2.75, 3.05) is 0 Å². The number of hydrogen-bond acceptors (Lipinski definition) is 3. The van der Waals surface area contributed by atoms with Gasteiger partial charge in [0.1, 0.15) is 0 Å². The number of nitro groups is 1. The van der Waals surface area contributed by atoms with Gasteiger partial charge in [0, 0.05) is 6.42 Å². The van der Waals surface area contributed by atoms with E-state index in [-0.39, 0.29) is 17.0 Å². The van der Waals surface area contributed by atoms with Gasteiger partial charge >= 0.3 is 5.97 Å². The fraction of sp³-hybridized carbons (Fsp3) is 0.650. The second-order valence-corrected chi connectivity index (χ2v) is 6.18. The lowest BCUT2D eigenvalue weighted by Gasteiger charge is -1.97. The van der Waals surface area contributed by atoms with Crippen LogP contribution in [0.15, 0.2) is 36.1 Å². The van der Waals surface area contributed by atoms with Crippen molar-refractivity contribution in [3.05, 3.63) is 46.2 Å². The zero-order valence-electron chi connectivity index (χ0n) is 15.5. The van der Waals surface area contributed by atoms with Crippen LogP contribution in [-0.4, -0.2) is 16.0 Å². The number of unbranched alkanes of at least 4 members (excludes halogenated alkanes) is 7. The Labute approximate surface area is 151 Å². The summed E-state index contributed by atoms with van der Waals surface area (Å²) in [5.74, 6) is -0.741. The number of allylic oxidation sites excluding steroid dienone is 5. The van der Waals surface area contributed by atoms with Gasteiger partial charge in [0.05, 0.1) is 11.3 Å². The highest BCUT2D eigenvalue weighted by Gasteiger charge is 2.06. The molecule has 0 atom stereocenters. The Morgan fingerprint density at radius 2 is 1.60 bits per heavy atom. The normalized spacial score (nSPS) is 12.3. The molecule has 0 bridgehead atoms. The van der Waals surface area contributed by atoms with E-state index < -0.39 is 5.97 Å². The highest BCUT2D eigenvalue weighted by molar-refractivity contribution is 5.66. The summed E-state index contributed by atoms with van der Waals surface area (Å²) >= 11 is 0. The van der Waals surface area contributed by atoms with E-state index in [0.29, 0.717) is 12.8 Å². The first-order valence-corrected chi connectivity index (χ1v) is 9.43. The Morgan fingerprint density at radius 3 is 2.24 bits per heavy atom. The Balaban J connectivity index is 3.89. The molecule has 0 radical (unpaired) electrons. The fourth-order valence-electron chi connectivity index (χ4n) is 2.38. The van der Waals surface area contributed by atoms with Gasteiger partial charge in [-0.3, -0.25) is 14.9 Å². The van der Waals surface area contributed by atoms with Crippen LogP contribution in [0.1, 0.15) is 84.0 Å². The lowest BCUT2D eigenvalue weighted by molar-refractivity contribution is -0.427. The molecule has 0 saturated heterocycles. The van der Waals surface area contributed by atoms with Crippen molar-refractivity contribution in [3.63, 3.8) is 0 Å². The molecule has 0 aromatic heterocycles. The molecule has 1 N–H and O–H groups in total. The average molecular weight is 351 g/mol. The van der Waals surface area contributed by atoms with Crippen LogP contribution in [0.4, 0.5) is 0 Å². The third-order valence-electron chi connectivity index (χ3n) is 3.87. The van der Waals surface area contributed by atoms with Gasteiger partial charge in [-0.25, -0.2) is 0 Å². The summed E-state index contributed by atoms with van der Waals surface area (Å²) in [6.45, 7) is 2.17. The third-order valence-corrected chi connectivity index (χ3v) is 3.87. The number of aliphatic carboxylic acids is 1. The van der Waals surface area contributed by atoms with E-state index in [1.54, 1.807) is 6.08 Å². The summed E-state index contributed by atoms with van der Waals surface area (Å²) in [5, 5.41) is 19.6. The van der Waals surface area contributed by atoms with Gasteiger partial charge in [0.25, 0.3) is 0 Å². The van der Waals surface area contributed by atoms with Gasteiger partial charge in [-0.15, -0.1) is 0 Å². The molecule has 0 aromatic rings. The maximum absolute atomic E-state index is 11.0. The Kier molecular flexibility index (Phi) is 15.6. The zero-order chi connectivity index (χ0) is 18.8. The summed E-state index contributed by atoms with van der Waals surface area (Å²) < 4.78 is 0. The van der Waals surface area contributed by atoms with Gasteiger partial charge in [0.2, 0.25) is 5.70 Å². The minimum Gasteiger partial charge on any atom is -0.481 e. The summed E-state index contributed by atoms with van der Waals surface area (Å²) in [6, 6.07) is 0. The van der Waals surface area contributed by atoms with Crippen molar-refractivity contribution in [2.45, 2.75) is 84.0 Å². The Bertz CT molecular complexity index is 453. The molecule has 0 unspecified atom stereocenters. The fourth-order valence-corrected chi connectivity index (χ4v) is 2.38. The molecular weight excluding hydrogens is 318 g/mol. The molecule has 5 nitrogen and oxygen atoms in total. The van der Waals surface area contributed by atoms with Crippen LogP contribution in [0.3, 0.4) is 0 Å². The molecule has 0 amide bonds. The molecule has 5 heteroatoms. The van der Waals surface area contributed by atoms with Crippen LogP contribution in [0.2, 0.25) is 0 Å². The average Bonchev–Trinajstić information content (AvgIpc) is 2.57. The number of carboxylic acids is 1. The Hall–Kier alpha value is -1.91. The van der Waals surface area contributed by atoms with Gasteiger partial charge in [-0.2, -0.15) is 0 Å². The monoisotopic (exact) mass is 351 g/mol. The smallest absolute Gasteiger partial charge is 0.303 e. The zero-order valence-corrected chi connectivity index (χ0v) is 15.5. The van der Waals surface area contributed by atoms with E-state index in [4.69, 9.17) is 5.11 Å². The summed E-state index contributed by atoms with van der Waals surface area (Å²) in [4.78, 5) is 21.1. The van der Waals surface area contributed by atoms with Crippen molar-refractivity contribution in [1.82, 2.24) is 0 Å². The van der Waals surface area contributed by atoms with Gasteiger partial charge in [-0.05, 0) is 44.6 Å². The van der Waals surface area contributed by atoms with Gasteiger partial charge in [-0.1, -0.05) is 56.9 Å². The highest BCUT2D eigenvalue weighted by Crippen LogP contribution is 2.09. The molecule has 0 aliphatic rings. The predicted molar refractivity (Wildman–Crippen MR) is 102 cm³/mol. The summed E-state index contributed by atoms with van der Waals surface area (Å²) in [5.41, 5.74) is 0.246. The maximum Gasteiger partial charge on any atom is 0.303 e. The summed E-state index contributed by atoms with van der Waals surface area (Å²) in [6.07, 6.45) is 20.0. The second-order valence-electron chi connectivity index (χ2n) is 6.18. The standard InChI is InChI=1S/C20H33NO4/c1-2-3-4-5-7-10-13-16-19(21(24)25)17-14-11-8-6-9-12-15-18-20(22)23/h7,10-11,14,16H,2-6,8-9,12-13,15,17-18H2,1H3,(H,22,23). The quantitative estimate of drug-likeness (QED) is 0.159. The number of rotatable bonds is 16. The molecule has 0 fully saturated rings. The third kappa shape index (κ3) is 16.7. The topological polar surface area (TPSA) is 80.4 Å². The first-order valence-electron chi connectivity index (χ1n) is 9.43. The van der Waals surface area contributed by atoms with Crippen molar-refractivity contribution < 1.29 is 14.8 Å². The van der Waals surface area contributed by atoms with E-state index in [2.05, 4.69) is 13.0 Å². The van der Waals surface area contributed by atoms with E-state index in [1.807, 2.05) is 18.2 Å². The van der Waals surface area contributed by atoms with Crippen LogP contribution in [0.25, 0.3) is 0 Å². The van der Waals surface area contributed by atoms with Crippen molar-refractivity contribution in [1.29, 1.82) is 0 Å². The first-order chi connectivity index (χ1) is 12.1. The van der Waals surface area contributed by atoms with Crippen LogP contribution in [-0.2, 0) is 4.79 Å². The minimum atomic E-state index is -0.741. The van der Waals surface area contributed by atoms with Crippen molar-refractivity contribution >= 4 is 5.97 Å². The molecule has 0 aliphatic heterocycles. The minimum absolute atomic E-state index is 0.236. The largest absolute Gasteiger partial charge is 0.481 e. The molecule has 25 heavy (non-hydrogen) atoms. The lowest BCUT2D eigenvalue weighted by atomic mass is 10.1. The molecule has 0 aliphatic carbocycles. The van der Waals surface area contributed by atoms with Gasteiger partial charge < -0.3 is 5.11 Å². The van der Waals surface area contributed by atoms with Gasteiger partial charge in [0.15, 0.2) is 0 Å². The first kappa shape index (κ1) is 23.1. The molecule has 0 heterocycles. The van der Waals surface area contributed by atoms with Crippen LogP contribution in [0, 0.1) is 10.1 Å². The molecule has 0 spiro atoms. The number of hydrogen-bond donors (Lipinski definition) is 1. The molecular formula is C20H33NO4. The highest BCUT2D eigenvalue weighted by atomic mass is 16.6. The van der Waals surface area contributed by atoms with Crippen LogP contribution in [0.5, 0.6) is 0 Å². The molecule has 0 rings (SSSR count). The van der Waals surface area contributed by atoms with E-state index >= 15 is 0 Å². The Morgan fingerprint density at radius 1 is 0.960 bits per heavy atom. The maximum atomic E-state index is 11.0. The predicted octanol–water partition coefficient (Wildman–Crippen LogP) is 6.05. The van der Waals surface area contributed by atoms with Crippen molar-refractivity contribution in [3.8, 4) is 0 Å². The molecule has 142 valence electrons. The van der Waals surface area contributed by atoms with Crippen LogP contribution >= 0.6 is 0 Å². The number of carboxylic acid groups (broad SMARTS) is 1. The SMILES string of the molecule is CCCCCC=CCC=C(CC=CCCCCCCC(=O)O)[N+](=O)[O-]. The lowest BCUT2D eigenvalue weighted by Crippen LogP contribution is -1.97. The summed E-state index contributed by atoms with van der Waals surface area (Å²) in [7, 11) is 0. The van der Waals surface area contributed by atoms with Crippen LogP contribution < -0.4 is 0 Å². The molecule has 0 aromatic carbocycles. The van der Waals surface area contributed by atoms with Crippen molar-refractivity contribution in [2.24, 2.45) is 0 Å². The number of carbonyl (C=O) groups is 1.